The third-order valence-corrected chi connectivity index (χ3v) is 3.43. The summed E-state index contributed by atoms with van der Waals surface area (Å²) in [5.74, 6) is 1.53. The van der Waals surface area contributed by atoms with Crippen LogP contribution in [0.15, 0.2) is 47.2 Å². The normalized spacial score (nSPS) is 12.2. The zero-order chi connectivity index (χ0) is 13.0. The maximum absolute atomic E-state index is 5.71. The Balaban J connectivity index is 2.19. The molecule has 0 amide bonds. The maximum atomic E-state index is 5.71. The van der Waals surface area contributed by atoms with Crippen LogP contribution in [0.1, 0.15) is 18.5 Å². The van der Waals surface area contributed by atoms with Gasteiger partial charge >= 0.3 is 0 Å². The fraction of sp³-hybridized carbons (Fsp3) is 0.214. The summed E-state index contributed by atoms with van der Waals surface area (Å²) in [6.45, 7) is 2.11. The fourth-order valence-electron chi connectivity index (χ4n) is 1.62. The van der Waals surface area contributed by atoms with Gasteiger partial charge in [-0.1, -0.05) is 22.0 Å². The van der Waals surface area contributed by atoms with Crippen molar-refractivity contribution in [3.63, 3.8) is 0 Å². The van der Waals surface area contributed by atoms with Crippen molar-refractivity contribution in [3.8, 4) is 11.5 Å². The van der Waals surface area contributed by atoms with Crippen LogP contribution in [-0.4, -0.2) is 12.0 Å². The zero-order valence-corrected chi connectivity index (χ0v) is 11.9. The topological polar surface area (TPSA) is 34.1 Å². The highest BCUT2D eigenvalue weighted by atomic mass is 79.9. The molecule has 0 radical (unpaired) electrons. The predicted octanol–water partition coefficient (Wildman–Crippen LogP) is 3.92. The van der Waals surface area contributed by atoms with Crippen LogP contribution in [-0.2, 0) is 0 Å². The molecule has 1 aromatic heterocycles. The highest BCUT2D eigenvalue weighted by molar-refractivity contribution is 9.10. The lowest BCUT2D eigenvalue weighted by atomic mass is 10.1. The van der Waals surface area contributed by atoms with Gasteiger partial charge in [0.2, 0.25) is 0 Å². The Morgan fingerprint density at radius 2 is 2.11 bits per heavy atom. The molecule has 1 aromatic carbocycles. The van der Waals surface area contributed by atoms with E-state index in [1.165, 1.54) is 5.56 Å². The van der Waals surface area contributed by atoms with Crippen molar-refractivity contribution >= 4 is 15.9 Å². The summed E-state index contributed by atoms with van der Waals surface area (Å²) in [6, 6.07) is 10.0. The third-order valence-electron chi connectivity index (χ3n) is 2.74. The zero-order valence-electron chi connectivity index (χ0n) is 10.4. The molecule has 0 saturated carbocycles. The fourth-order valence-corrected chi connectivity index (χ4v) is 2.32. The van der Waals surface area contributed by atoms with Crippen molar-refractivity contribution in [1.82, 2.24) is 10.3 Å². The molecule has 0 fully saturated rings. The van der Waals surface area contributed by atoms with Crippen LogP contribution in [0, 0.1) is 0 Å². The summed E-state index contributed by atoms with van der Waals surface area (Å²) < 4.78 is 6.75. The first kappa shape index (κ1) is 13.1. The highest BCUT2D eigenvalue weighted by Crippen LogP contribution is 2.29. The standard InChI is InChI=1S/C14H15BrN2O/c1-10(16-2)13-6-5-11(8-14(13)15)18-12-4-3-7-17-9-12/h3-10,16H,1-2H3. The molecule has 0 bridgehead atoms. The molecular weight excluding hydrogens is 292 g/mol. The van der Waals surface area contributed by atoms with Crippen LogP contribution >= 0.6 is 15.9 Å². The van der Waals surface area contributed by atoms with E-state index in [1.807, 2.05) is 31.3 Å². The van der Waals surface area contributed by atoms with Crippen LogP contribution in [0.2, 0.25) is 0 Å². The van der Waals surface area contributed by atoms with E-state index in [9.17, 15) is 0 Å². The lowest BCUT2D eigenvalue weighted by Crippen LogP contribution is -2.12. The van der Waals surface area contributed by atoms with Crippen molar-refractivity contribution in [2.24, 2.45) is 0 Å². The van der Waals surface area contributed by atoms with Crippen molar-refractivity contribution < 1.29 is 4.74 Å². The minimum Gasteiger partial charge on any atom is -0.456 e. The van der Waals surface area contributed by atoms with Gasteiger partial charge in [0.1, 0.15) is 11.5 Å². The number of halogens is 1. The van der Waals surface area contributed by atoms with Crippen LogP contribution in [0.3, 0.4) is 0 Å². The van der Waals surface area contributed by atoms with E-state index < -0.39 is 0 Å². The quantitative estimate of drug-likeness (QED) is 0.929. The summed E-state index contributed by atoms with van der Waals surface area (Å²) in [6.07, 6.45) is 3.42. The van der Waals surface area contributed by atoms with Gasteiger partial charge in [0, 0.05) is 16.7 Å². The molecule has 4 heteroatoms. The number of pyridine rings is 1. The van der Waals surface area contributed by atoms with Crippen LogP contribution in [0.25, 0.3) is 0 Å². The van der Waals surface area contributed by atoms with Gasteiger partial charge in [-0.05, 0) is 43.8 Å². The summed E-state index contributed by atoms with van der Waals surface area (Å²) >= 11 is 3.57. The second kappa shape index (κ2) is 5.98. The molecule has 0 saturated heterocycles. The Morgan fingerprint density at radius 3 is 2.72 bits per heavy atom. The van der Waals surface area contributed by atoms with Crippen molar-refractivity contribution in [1.29, 1.82) is 0 Å². The Morgan fingerprint density at radius 1 is 1.28 bits per heavy atom. The average Bonchev–Trinajstić information content (AvgIpc) is 2.39. The summed E-state index contributed by atoms with van der Waals surface area (Å²) in [5, 5.41) is 3.21. The molecule has 0 aliphatic carbocycles. The SMILES string of the molecule is CNC(C)c1ccc(Oc2cccnc2)cc1Br. The highest BCUT2D eigenvalue weighted by Gasteiger charge is 2.08. The summed E-state index contributed by atoms with van der Waals surface area (Å²) in [7, 11) is 1.94. The Hall–Kier alpha value is -1.39. The number of aromatic nitrogens is 1. The number of hydrogen-bond acceptors (Lipinski definition) is 3. The lowest BCUT2D eigenvalue weighted by molar-refractivity contribution is 0.479. The molecule has 3 nitrogen and oxygen atoms in total. The van der Waals surface area contributed by atoms with E-state index in [-0.39, 0.29) is 0 Å². The monoisotopic (exact) mass is 306 g/mol. The number of hydrogen-bond donors (Lipinski definition) is 1. The molecule has 18 heavy (non-hydrogen) atoms. The van der Waals surface area contributed by atoms with Gasteiger partial charge in [0.05, 0.1) is 6.20 Å². The van der Waals surface area contributed by atoms with Crippen molar-refractivity contribution in [2.75, 3.05) is 7.05 Å². The van der Waals surface area contributed by atoms with E-state index in [0.29, 0.717) is 6.04 Å². The molecule has 0 aliphatic heterocycles. The molecule has 1 heterocycles. The Bertz CT molecular complexity index is 516. The molecule has 0 spiro atoms. The Labute approximate surface area is 115 Å². The number of ether oxygens (including phenoxy) is 1. The van der Waals surface area contributed by atoms with E-state index >= 15 is 0 Å². The first-order valence-electron chi connectivity index (χ1n) is 5.75. The first-order chi connectivity index (χ1) is 8.70. The second-order valence-electron chi connectivity index (χ2n) is 3.98. The van der Waals surface area contributed by atoms with E-state index in [2.05, 4.69) is 39.2 Å². The van der Waals surface area contributed by atoms with Crippen molar-refractivity contribution in [3.05, 3.63) is 52.8 Å². The largest absolute Gasteiger partial charge is 0.456 e. The molecule has 0 aliphatic rings. The second-order valence-corrected chi connectivity index (χ2v) is 4.84. The van der Waals surface area contributed by atoms with E-state index in [1.54, 1.807) is 12.4 Å². The van der Waals surface area contributed by atoms with E-state index in [0.717, 1.165) is 16.0 Å². The third kappa shape index (κ3) is 3.09. The van der Waals surface area contributed by atoms with Gasteiger partial charge in [-0.3, -0.25) is 4.98 Å². The van der Waals surface area contributed by atoms with Gasteiger partial charge < -0.3 is 10.1 Å². The minimum absolute atomic E-state index is 0.298. The van der Waals surface area contributed by atoms with Crippen LogP contribution in [0.4, 0.5) is 0 Å². The molecule has 1 N–H and O–H groups in total. The van der Waals surface area contributed by atoms with Crippen LogP contribution < -0.4 is 10.1 Å². The minimum atomic E-state index is 0.298. The first-order valence-corrected chi connectivity index (χ1v) is 6.54. The number of nitrogens with one attached hydrogen (secondary N) is 1. The predicted molar refractivity (Wildman–Crippen MR) is 75.9 cm³/mol. The molecule has 2 rings (SSSR count). The van der Waals surface area contributed by atoms with Gasteiger partial charge in [0.15, 0.2) is 0 Å². The van der Waals surface area contributed by atoms with Crippen LogP contribution in [0.5, 0.6) is 11.5 Å². The number of benzene rings is 1. The number of rotatable bonds is 4. The molecule has 2 aromatic rings. The molecule has 1 unspecified atom stereocenters. The molecule has 1 atom stereocenters. The summed E-state index contributed by atoms with van der Waals surface area (Å²) in [5.41, 5.74) is 1.20. The average molecular weight is 307 g/mol. The van der Waals surface area contributed by atoms with Gasteiger partial charge in [-0.2, -0.15) is 0 Å². The number of nitrogens with zero attached hydrogens (tertiary/aromatic N) is 1. The van der Waals surface area contributed by atoms with Crippen molar-refractivity contribution in [2.45, 2.75) is 13.0 Å². The van der Waals surface area contributed by atoms with E-state index in [4.69, 9.17) is 4.74 Å². The van der Waals surface area contributed by atoms with Gasteiger partial charge in [-0.15, -0.1) is 0 Å². The summed E-state index contributed by atoms with van der Waals surface area (Å²) in [4.78, 5) is 4.02. The maximum Gasteiger partial charge on any atom is 0.145 e. The lowest BCUT2D eigenvalue weighted by Gasteiger charge is -2.14. The molecule has 94 valence electrons. The van der Waals surface area contributed by atoms with Gasteiger partial charge in [0.25, 0.3) is 0 Å². The van der Waals surface area contributed by atoms with Gasteiger partial charge in [-0.25, -0.2) is 0 Å². The smallest absolute Gasteiger partial charge is 0.145 e. The Kier molecular flexibility index (Phi) is 4.33. The molecular formula is C14H15BrN2O.